The molecule has 2 aromatic carbocycles. The SMILES string of the molecule is CSc1cccc(NC(=S)NCCc2ccccc2)c1. The van der Waals surface area contributed by atoms with Crippen LogP contribution in [0.2, 0.25) is 0 Å². The van der Waals surface area contributed by atoms with E-state index in [0.29, 0.717) is 5.11 Å². The smallest absolute Gasteiger partial charge is 0.170 e. The Morgan fingerprint density at radius 2 is 1.90 bits per heavy atom. The van der Waals surface area contributed by atoms with E-state index in [0.717, 1.165) is 18.7 Å². The van der Waals surface area contributed by atoms with Gasteiger partial charge >= 0.3 is 0 Å². The molecule has 0 aliphatic carbocycles. The van der Waals surface area contributed by atoms with Crippen molar-refractivity contribution in [3.8, 4) is 0 Å². The minimum Gasteiger partial charge on any atom is -0.362 e. The first-order valence-electron chi connectivity index (χ1n) is 6.51. The molecule has 104 valence electrons. The first-order chi connectivity index (χ1) is 9.78. The molecule has 20 heavy (non-hydrogen) atoms. The second-order valence-electron chi connectivity index (χ2n) is 4.35. The summed E-state index contributed by atoms with van der Waals surface area (Å²) < 4.78 is 0. The van der Waals surface area contributed by atoms with Crippen LogP contribution in [-0.2, 0) is 6.42 Å². The predicted octanol–water partition coefficient (Wildman–Crippen LogP) is 3.94. The standard InChI is InChI=1S/C16H18N2S2/c1-20-15-9-5-8-14(12-15)18-16(19)17-11-10-13-6-3-2-4-7-13/h2-9,12H,10-11H2,1H3,(H2,17,18,19). The third-order valence-electron chi connectivity index (χ3n) is 2.87. The Morgan fingerprint density at radius 1 is 1.10 bits per heavy atom. The highest BCUT2D eigenvalue weighted by molar-refractivity contribution is 7.98. The van der Waals surface area contributed by atoms with E-state index in [1.165, 1.54) is 10.5 Å². The minimum atomic E-state index is 0.666. The lowest BCUT2D eigenvalue weighted by molar-refractivity contribution is 0.873. The zero-order chi connectivity index (χ0) is 14.2. The Kier molecular flexibility index (Phi) is 5.89. The van der Waals surface area contributed by atoms with Crippen LogP contribution in [0.3, 0.4) is 0 Å². The minimum absolute atomic E-state index is 0.666. The van der Waals surface area contributed by atoms with Crippen LogP contribution in [0, 0.1) is 0 Å². The van der Waals surface area contributed by atoms with Gasteiger partial charge in [-0.05, 0) is 48.7 Å². The normalized spacial score (nSPS) is 10.1. The molecule has 2 nitrogen and oxygen atoms in total. The molecule has 0 amide bonds. The van der Waals surface area contributed by atoms with Gasteiger partial charge in [-0.3, -0.25) is 0 Å². The topological polar surface area (TPSA) is 24.1 Å². The van der Waals surface area contributed by atoms with Gasteiger partial charge in [0.05, 0.1) is 0 Å². The van der Waals surface area contributed by atoms with Crippen LogP contribution in [0.4, 0.5) is 5.69 Å². The van der Waals surface area contributed by atoms with Crippen molar-refractivity contribution in [2.75, 3.05) is 18.1 Å². The summed E-state index contributed by atoms with van der Waals surface area (Å²) in [5, 5.41) is 7.11. The van der Waals surface area contributed by atoms with Gasteiger partial charge in [0.2, 0.25) is 0 Å². The fourth-order valence-electron chi connectivity index (χ4n) is 1.84. The predicted molar refractivity (Wildman–Crippen MR) is 92.6 cm³/mol. The van der Waals surface area contributed by atoms with Crippen LogP contribution < -0.4 is 10.6 Å². The Hall–Kier alpha value is -1.52. The molecular weight excluding hydrogens is 284 g/mol. The van der Waals surface area contributed by atoms with Crippen LogP contribution in [0.1, 0.15) is 5.56 Å². The number of thioether (sulfide) groups is 1. The number of hydrogen-bond donors (Lipinski definition) is 2. The van der Waals surface area contributed by atoms with E-state index in [2.05, 4.69) is 53.3 Å². The van der Waals surface area contributed by atoms with Crippen LogP contribution in [-0.4, -0.2) is 17.9 Å². The first-order valence-corrected chi connectivity index (χ1v) is 8.14. The van der Waals surface area contributed by atoms with Gasteiger partial charge in [-0.15, -0.1) is 11.8 Å². The molecular formula is C16H18N2S2. The maximum Gasteiger partial charge on any atom is 0.170 e. The lowest BCUT2D eigenvalue weighted by Crippen LogP contribution is -2.30. The zero-order valence-corrected chi connectivity index (χ0v) is 13.1. The summed E-state index contributed by atoms with van der Waals surface area (Å²) in [6.07, 6.45) is 3.03. The highest BCUT2D eigenvalue weighted by Gasteiger charge is 1.99. The Labute approximate surface area is 130 Å². The molecule has 0 bridgehead atoms. The third kappa shape index (κ3) is 4.87. The molecule has 0 aliphatic heterocycles. The molecule has 2 aromatic rings. The lowest BCUT2D eigenvalue weighted by atomic mass is 10.1. The Morgan fingerprint density at radius 3 is 2.65 bits per heavy atom. The summed E-state index contributed by atoms with van der Waals surface area (Å²) in [5.74, 6) is 0. The third-order valence-corrected chi connectivity index (χ3v) is 3.84. The molecule has 0 atom stereocenters. The van der Waals surface area contributed by atoms with E-state index in [1.807, 2.05) is 18.2 Å². The molecule has 0 fully saturated rings. The van der Waals surface area contributed by atoms with Crippen LogP contribution in [0.15, 0.2) is 59.5 Å². The molecule has 0 unspecified atom stereocenters. The molecule has 0 saturated carbocycles. The van der Waals surface area contributed by atoms with Gasteiger partial charge in [-0.2, -0.15) is 0 Å². The fourth-order valence-corrected chi connectivity index (χ4v) is 2.52. The van der Waals surface area contributed by atoms with Gasteiger partial charge in [-0.1, -0.05) is 36.4 Å². The molecule has 4 heteroatoms. The van der Waals surface area contributed by atoms with Crippen molar-refractivity contribution < 1.29 is 0 Å². The van der Waals surface area contributed by atoms with Crippen LogP contribution >= 0.6 is 24.0 Å². The zero-order valence-electron chi connectivity index (χ0n) is 11.4. The van der Waals surface area contributed by atoms with Crippen LogP contribution in [0.5, 0.6) is 0 Å². The maximum absolute atomic E-state index is 5.30. The number of hydrogen-bond acceptors (Lipinski definition) is 2. The number of thiocarbonyl (C=S) groups is 1. The average molecular weight is 302 g/mol. The summed E-state index contributed by atoms with van der Waals surface area (Å²) in [6.45, 7) is 0.831. The van der Waals surface area contributed by atoms with Crippen molar-refractivity contribution in [2.45, 2.75) is 11.3 Å². The van der Waals surface area contributed by atoms with Gasteiger partial charge in [0, 0.05) is 17.1 Å². The number of rotatable bonds is 5. The van der Waals surface area contributed by atoms with E-state index >= 15 is 0 Å². The Bertz CT molecular complexity index is 555. The lowest BCUT2D eigenvalue weighted by Gasteiger charge is -2.11. The van der Waals surface area contributed by atoms with Crippen molar-refractivity contribution in [3.05, 3.63) is 60.2 Å². The second kappa shape index (κ2) is 7.92. The molecule has 2 N–H and O–H groups in total. The monoisotopic (exact) mass is 302 g/mol. The maximum atomic E-state index is 5.30. The van der Waals surface area contributed by atoms with Crippen molar-refractivity contribution >= 4 is 34.8 Å². The van der Waals surface area contributed by atoms with Gasteiger partial charge in [-0.25, -0.2) is 0 Å². The number of nitrogens with one attached hydrogen (secondary N) is 2. The summed E-state index contributed by atoms with van der Waals surface area (Å²) in [4.78, 5) is 1.22. The summed E-state index contributed by atoms with van der Waals surface area (Å²) >= 11 is 7.02. The largest absolute Gasteiger partial charge is 0.362 e. The van der Waals surface area contributed by atoms with Gasteiger partial charge < -0.3 is 10.6 Å². The van der Waals surface area contributed by atoms with Crippen molar-refractivity contribution in [3.63, 3.8) is 0 Å². The van der Waals surface area contributed by atoms with Crippen LogP contribution in [0.25, 0.3) is 0 Å². The molecule has 0 saturated heterocycles. The first kappa shape index (κ1) is 14.9. The average Bonchev–Trinajstić information content (AvgIpc) is 2.48. The van der Waals surface area contributed by atoms with Gasteiger partial charge in [0.15, 0.2) is 5.11 Å². The summed E-state index contributed by atoms with van der Waals surface area (Å²) in [7, 11) is 0. The van der Waals surface area contributed by atoms with E-state index in [9.17, 15) is 0 Å². The van der Waals surface area contributed by atoms with Gasteiger partial charge in [0.25, 0.3) is 0 Å². The summed E-state index contributed by atoms with van der Waals surface area (Å²) in [6, 6.07) is 18.6. The molecule has 2 rings (SSSR count). The molecule has 0 aromatic heterocycles. The van der Waals surface area contributed by atoms with E-state index in [-0.39, 0.29) is 0 Å². The Balaban J connectivity index is 1.77. The van der Waals surface area contributed by atoms with Crippen molar-refractivity contribution in [1.82, 2.24) is 5.32 Å². The molecule has 0 spiro atoms. The van der Waals surface area contributed by atoms with E-state index < -0.39 is 0 Å². The highest BCUT2D eigenvalue weighted by Crippen LogP contribution is 2.18. The second-order valence-corrected chi connectivity index (χ2v) is 5.64. The fraction of sp³-hybridized carbons (Fsp3) is 0.188. The quantitative estimate of drug-likeness (QED) is 0.645. The molecule has 0 heterocycles. The van der Waals surface area contributed by atoms with Crippen molar-refractivity contribution in [1.29, 1.82) is 0 Å². The van der Waals surface area contributed by atoms with Crippen molar-refractivity contribution in [2.24, 2.45) is 0 Å². The molecule has 0 aliphatic rings. The number of benzene rings is 2. The molecule has 0 radical (unpaired) electrons. The van der Waals surface area contributed by atoms with Gasteiger partial charge in [0.1, 0.15) is 0 Å². The van der Waals surface area contributed by atoms with E-state index in [1.54, 1.807) is 11.8 Å². The number of anilines is 1. The highest BCUT2D eigenvalue weighted by atomic mass is 32.2. The summed E-state index contributed by atoms with van der Waals surface area (Å²) in [5.41, 5.74) is 2.33. The van der Waals surface area contributed by atoms with E-state index in [4.69, 9.17) is 12.2 Å².